The highest BCUT2D eigenvalue weighted by molar-refractivity contribution is 7.99. The Morgan fingerprint density at radius 1 is 1.00 bits per heavy atom. The van der Waals surface area contributed by atoms with E-state index >= 15 is 0 Å². The molecule has 33 heavy (non-hydrogen) atoms. The minimum absolute atomic E-state index is 0.127. The van der Waals surface area contributed by atoms with Crippen LogP contribution in [-0.4, -0.2) is 24.8 Å². The molecule has 0 atom stereocenters. The van der Waals surface area contributed by atoms with Gasteiger partial charge in [-0.05, 0) is 48.5 Å². The molecular weight excluding hydrogens is 450 g/mol. The van der Waals surface area contributed by atoms with Crippen molar-refractivity contribution in [2.45, 2.75) is 20.7 Å². The van der Waals surface area contributed by atoms with Gasteiger partial charge in [-0.15, -0.1) is 11.8 Å². The summed E-state index contributed by atoms with van der Waals surface area (Å²) >= 11 is 3.19. The van der Waals surface area contributed by atoms with E-state index < -0.39 is 0 Å². The topological polar surface area (TPSA) is 64.2 Å². The SMILES string of the molecule is Cn1ccnc1Sc1ccc(NC(=O)c2ccccc2SCc2cn3ccccc3n2)cc1. The summed E-state index contributed by atoms with van der Waals surface area (Å²) in [5, 5.41) is 3.93. The van der Waals surface area contributed by atoms with Crippen molar-refractivity contribution in [3.63, 3.8) is 0 Å². The number of nitrogens with one attached hydrogen (secondary N) is 1. The molecule has 2 aromatic carbocycles. The molecule has 0 saturated carbocycles. The summed E-state index contributed by atoms with van der Waals surface area (Å²) in [6.07, 6.45) is 7.70. The van der Waals surface area contributed by atoms with Gasteiger partial charge < -0.3 is 14.3 Å². The molecule has 0 aliphatic carbocycles. The Morgan fingerprint density at radius 3 is 2.61 bits per heavy atom. The van der Waals surface area contributed by atoms with Gasteiger partial charge in [-0.1, -0.05) is 30.0 Å². The lowest BCUT2D eigenvalue weighted by Gasteiger charge is -2.10. The zero-order valence-corrected chi connectivity index (χ0v) is 19.5. The van der Waals surface area contributed by atoms with Crippen LogP contribution in [0.4, 0.5) is 5.69 Å². The summed E-state index contributed by atoms with van der Waals surface area (Å²) in [6.45, 7) is 0. The van der Waals surface area contributed by atoms with Gasteiger partial charge in [-0.2, -0.15) is 0 Å². The number of pyridine rings is 1. The Balaban J connectivity index is 1.25. The molecule has 3 aromatic heterocycles. The number of fused-ring (bicyclic) bond motifs is 1. The van der Waals surface area contributed by atoms with Gasteiger partial charge in [-0.3, -0.25) is 4.79 Å². The number of imidazole rings is 2. The molecule has 0 aliphatic rings. The molecule has 5 aromatic rings. The fraction of sp³-hybridized carbons (Fsp3) is 0.0800. The van der Waals surface area contributed by atoms with Crippen molar-refractivity contribution in [3.05, 3.63) is 103 Å². The van der Waals surface area contributed by atoms with Gasteiger partial charge in [0.1, 0.15) is 5.65 Å². The lowest BCUT2D eigenvalue weighted by molar-refractivity contribution is 0.102. The Hall–Kier alpha value is -3.49. The number of hydrogen-bond acceptors (Lipinski definition) is 5. The highest BCUT2D eigenvalue weighted by Gasteiger charge is 2.13. The average Bonchev–Trinajstić information content (AvgIpc) is 3.44. The number of thioether (sulfide) groups is 1. The minimum atomic E-state index is -0.127. The molecule has 0 saturated heterocycles. The van der Waals surface area contributed by atoms with Crippen LogP contribution in [0.1, 0.15) is 16.1 Å². The smallest absolute Gasteiger partial charge is 0.256 e. The molecule has 0 unspecified atom stereocenters. The lowest BCUT2D eigenvalue weighted by atomic mass is 10.2. The van der Waals surface area contributed by atoms with Crippen LogP contribution in [-0.2, 0) is 12.8 Å². The highest BCUT2D eigenvalue weighted by Crippen LogP contribution is 2.29. The Morgan fingerprint density at radius 2 is 1.82 bits per heavy atom. The number of anilines is 1. The second kappa shape index (κ2) is 9.56. The van der Waals surface area contributed by atoms with Gasteiger partial charge in [0.15, 0.2) is 5.16 Å². The zero-order valence-electron chi connectivity index (χ0n) is 17.9. The maximum absolute atomic E-state index is 13.0. The van der Waals surface area contributed by atoms with Gasteiger partial charge in [-0.25, -0.2) is 9.97 Å². The van der Waals surface area contributed by atoms with Crippen LogP contribution >= 0.6 is 23.5 Å². The van der Waals surface area contributed by atoms with E-state index in [1.807, 2.05) is 101 Å². The molecule has 0 spiro atoms. The standard InChI is InChI=1S/C25H21N5OS2/c1-29-15-13-26-25(29)33-20-11-9-18(10-12-20)28-24(31)21-6-2-3-7-22(21)32-17-19-16-30-14-5-4-8-23(30)27-19/h2-16H,17H2,1H3,(H,28,31). The van der Waals surface area contributed by atoms with E-state index in [0.717, 1.165) is 32.0 Å². The van der Waals surface area contributed by atoms with E-state index in [4.69, 9.17) is 0 Å². The van der Waals surface area contributed by atoms with E-state index in [1.165, 1.54) is 0 Å². The molecular formula is C25H21N5OS2. The number of rotatable bonds is 7. The third-order valence-electron chi connectivity index (χ3n) is 5.02. The largest absolute Gasteiger partial charge is 0.329 e. The van der Waals surface area contributed by atoms with Crippen LogP contribution in [0.3, 0.4) is 0 Å². The van der Waals surface area contributed by atoms with Gasteiger partial charge in [0.25, 0.3) is 5.91 Å². The van der Waals surface area contributed by atoms with Crippen LogP contribution in [0.15, 0.2) is 106 Å². The third-order valence-corrected chi connectivity index (χ3v) is 7.21. The van der Waals surface area contributed by atoms with Crippen LogP contribution in [0.5, 0.6) is 0 Å². The van der Waals surface area contributed by atoms with E-state index in [-0.39, 0.29) is 5.91 Å². The zero-order chi connectivity index (χ0) is 22.6. The quantitative estimate of drug-likeness (QED) is 0.306. The molecule has 5 rings (SSSR count). The fourth-order valence-corrected chi connectivity index (χ4v) is 5.08. The van der Waals surface area contributed by atoms with Crippen molar-refractivity contribution in [2.24, 2.45) is 7.05 Å². The van der Waals surface area contributed by atoms with Crippen LogP contribution < -0.4 is 5.32 Å². The number of hydrogen-bond donors (Lipinski definition) is 1. The molecule has 0 aliphatic heterocycles. The molecule has 8 heteroatoms. The molecule has 0 radical (unpaired) electrons. The Kier molecular flexibility index (Phi) is 6.19. The molecule has 164 valence electrons. The van der Waals surface area contributed by atoms with Gasteiger partial charge >= 0.3 is 0 Å². The van der Waals surface area contributed by atoms with Gasteiger partial charge in [0, 0.05) is 53.1 Å². The van der Waals surface area contributed by atoms with E-state index in [2.05, 4.69) is 15.3 Å². The van der Waals surface area contributed by atoms with Crippen LogP contribution in [0, 0.1) is 0 Å². The third kappa shape index (κ3) is 4.97. The monoisotopic (exact) mass is 471 g/mol. The van der Waals surface area contributed by atoms with Crippen molar-refractivity contribution in [3.8, 4) is 0 Å². The van der Waals surface area contributed by atoms with E-state index in [0.29, 0.717) is 11.3 Å². The van der Waals surface area contributed by atoms with Crippen LogP contribution in [0.2, 0.25) is 0 Å². The first-order valence-corrected chi connectivity index (χ1v) is 12.2. The first kappa shape index (κ1) is 21.4. The molecule has 0 fully saturated rings. The summed E-state index contributed by atoms with van der Waals surface area (Å²) in [7, 11) is 1.97. The molecule has 6 nitrogen and oxygen atoms in total. The first-order valence-electron chi connectivity index (χ1n) is 10.4. The summed E-state index contributed by atoms with van der Waals surface area (Å²) in [6, 6.07) is 21.4. The second-order valence-electron chi connectivity index (χ2n) is 7.38. The predicted molar refractivity (Wildman–Crippen MR) is 133 cm³/mol. The Bertz CT molecular complexity index is 1370. The molecule has 3 heterocycles. The predicted octanol–water partition coefficient (Wildman–Crippen LogP) is 5.76. The summed E-state index contributed by atoms with van der Waals surface area (Å²) in [5.41, 5.74) is 3.30. The van der Waals surface area contributed by atoms with Gasteiger partial charge in [0.2, 0.25) is 0 Å². The van der Waals surface area contributed by atoms with Gasteiger partial charge in [0.05, 0.1) is 11.3 Å². The summed E-state index contributed by atoms with van der Waals surface area (Å²) in [4.78, 5) is 24.0. The summed E-state index contributed by atoms with van der Waals surface area (Å²) < 4.78 is 3.98. The second-order valence-corrected chi connectivity index (χ2v) is 9.44. The van der Waals surface area contributed by atoms with Crippen molar-refractivity contribution in [1.29, 1.82) is 0 Å². The fourth-order valence-electron chi connectivity index (χ4n) is 3.35. The minimum Gasteiger partial charge on any atom is -0.329 e. The number of amides is 1. The maximum atomic E-state index is 13.0. The Labute approximate surface area is 200 Å². The average molecular weight is 472 g/mol. The molecule has 0 bridgehead atoms. The highest BCUT2D eigenvalue weighted by atomic mass is 32.2. The number of benzene rings is 2. The number of carbonyl (C=O) groups excluding carboxylic acids is 1. The first-order chi connectivity index (χ1) is 16.2. The number of aromatic nitrogens is 4. The van der Waals surface area contributed by atoms with Crippen molar-refractivity contribution in [2.75, 3.05) is 5.32 Å². The lowest BCUT2D eigenvalue weighted by Crippen LogP contribution is -2.12. The van der Waals surface area contributed by atoms with E-state index in [9.17, 15) is 4.79 Å². The number of nitrogens with zero attached hydrogens (tertiary/aromatic N) is 4. The van der Waals surface area contributed by atoms with Crippen molar-refractivity contribution < 1.29 is 4.79 Å². The van der Waals surface area contributed by atoms with Crippen LogP contribution in [0.25, 0.3) is 5.65 Å². The molecule has 1 amide bonds. The summed E-state index contributed by atoms with van der Waals surface area (Å²) in [5.74, 6) is 0.558. The van der Waals surface area contributed by atoms with Crippen molar-refractivity contribution >= 4 is 40.8 Å². The number of carbonyl (C=O) groups is 1. The normalized spacial score (nSPS) is 11.1. The molecule has 1 N–H and O–H groups in total. The van der Waals surface area contributed by atoms with Crippen molar-refractivity contribution in [1.82, 2.24) is 18.9 Å². The maximum Gasteiger partial charge on any atom is 0.256 e. The number of aryl methyl sites for hydroxylation is 1. The van der Waals surface area contributed by atoms with E-state index in [1.54, 1.807) is 29.7 Å².